The van der Waals surface area contributed by atoms with Gasteiger partial charge in [-0.05, 0) is 92.3 Å². The largest absolute Gasteiger partial charge is 0.381 e. The maximum atomic E-state index is 5.28. The molecule has 0 radical (unpaired) electrons. The van der Waals surface area contributed by atoms with Crippen LogP contribution < -0.4 is 21.1 Å². The highest BCUT2D eigenvalue weighted by Gasteiger charge is 2.22. The summed E-state index contributed by atoms with van der Waals surface area (Å²) in [7, 11) is 0. The van der Waals surface area contributed by atoms with Crippen molar-refractivity contribution in [2.75, 3.05) is 6.54 Å². The molecular formula is C51H37N5. The van der Waals surface area contributed by atoms with Crippen LogP contribution in [-0.2, 0) is 0 Å². The van der Waals surface area contributed by atoms with Crippen LogP contribution in [0.4, 0.5) is 0 Å². The molecule has 10 rings (SSSR count). The van der Waals surface area contributed by atoms with Crippen LogP contribution in [0.1, 0.15) is 28.3 Å². The SMILES string of the molecule is C1=Cc2ccccc2C(c2cc(C3=c4ccccc4=CCN3)cc(-c3nc(-c4cccc(-c5ccccc5)c4)nc(-c4cccc(-c5ccccc5)c4)n3)c2)N1. The van der Waals surface area contributed by atoms with Gasteiger partial charge in [-0.25, -0.2) is 15.0 Å². The predicted molar refractivity (Wildman–Crippen MR) is 228 cm³/mol. The van der Waals surface area contributed by atoms with Gasteiger partial charge in [-0.1, -0.05) is 152 Å². The molecular weight excluding hydrogens is 683 g/mol. The fourth-order valence-corrected chi connectivity index (χ4v) is 7.84. The van der Waals surface area contributed by atoms with E-state index in [1.54, 1.807) is 0 Å². The highest BCUT2D eigenvalue weighted by atomic mass is 15.0. The van der Waals surface area contributed by atoms with Crippen molar-refractivity contribution in [3.63, 3.8) is 0 Å². The molecule has 266 valence electrons. The minimum Gasteiger partial charge on any atom is -0.381 e. The minimum atomic E-state index is -0.0632. The van der Waals surface area contributed by atoms with Crippen LogP contribution in [-0.4, -0.2) is 21.5 Å². The molecule has 1 atom stereocenters. The molecule has 2 N–H and O–H groups in total. The summed E-state index contributed by atoms with van der Waals surface area (Å²) in [5.74, 6) is 1.85. The summed E-state index contributed by atoms with van der Waals surface area (Å²) >= 11 is 0. The molecule has 5 heteroatoms. The standard InChI is InChI=1S/C51H37N5/c1-3-13-34(14-4-1)38-19-11-21-40(29-38)49-54-50(41-22-12-20-39(30-41)35-15-5-2-6-16-35)56-51(55-49)44-32-42(47-45-23-9-7-17-36(45)25-27-52-47)31-43(33-44)48-46-24-10-8-18-37(46)26-28-53-48/h1-27,29-33,47,52-53H,28H2. The Morgan fingerprint density at radius 3 is 1.68 bits per heavy atom. The highest BCUT2D eigenvalue weighted by Crippen LogP contribution is 2.35. The normalized spacial score (nSPS) is 14.1. The predicted octanol–water partition coefficient (Wildman–Crippen LogP) is 9.41. The smallest absolute Gasteiger partial charge is 0.164 e. The Labute approximate surface area is 326 Å². The fraction of sp³-hybridized carbons (Fsp3) is 0.0392. The average Bonchev–Trinajstić information content (AvgIpc) is 3.29. The summed E-state index contributed by atoms with van der Waals surface area (Å²) in [6, 6.07) is 61.7. The number of rotatable bonds is 7. The number of nitrogens with one attached hydrogen (secondary N) is 2. The molecule has 1 unspecified atom stereocenters. The van der Waals surface area contributed by atoms with Crippen LogP contribution in [0.2, 0.25) is 0 Å². The molecule has 0 spiro atoms. The van der Waals surface area contributed by atoms with Gasteiger partial charge in [0.15, 0.2) is 17.5 Å². The van der Waals surface area contributed by atoms with Gasteiger partial charge in [-0.15, -0.1) is 0 Å². The van der Waals surface area contributed by atoms with Crippen LogP contribution >= 0.6 is 0 Å². The Balaban J connectivity index is 1.20. The molecule has 8 aromatic rings. The van der Waals surface area contributed by atoms with Crippen LogP contribution in [0, 0.1) is 0 Å². The Morgan fingerprint density at radius 2 is 0.982 bits per heavy atom. The van der Waals surface area contributed by atoms with Crippen molar-refractivity contribution >= 4 is 17.8 Å². The summed E-state index contributed by atoms with van der Waals surface area (Å²) in [5.41, 5.74) is 13.0. The van der Waals surface area contributed by atoms with E-state index in [1.165, 1.54) is 21.6 Å². The summed E-state index contributed by atoms with van der Waals surface area (Å²) in [4.78, 5) is 15.8. The van der Waals surface area contributed by atoms with Crippen molar-refractivity contribution in [2.45, 2.75) is 6.04 Å². The molecule has 3 heterocycles. The third-order valence-corrected chi connectivity index (χ3v) is 10.6. The van der Waals surface area contributed by atoms with E-state index in [2.05, 4.69) is 187 Å². The molecule has 56 heavy (non-hydrogen) atoms. The summed E-state index contributed by atoms with van der Waals surface area (Å²) in [6.07, 6.45) is 6.43. The van der Waals surface area contributed by atoms with Crippen molar-refractivity contribution in [3.8, 4) is 56.4 Å². The monoisotopic (exact) mass is 719 g/mol. The molecule has 0 fully saturated rings. The van der Waals surface area contributed by atoms with Crippen LogP contribution in [0.15, 0.2) is 182 Å². The molecule has 0 saturated carbocycles. The number of nitrogens with zero attached hydrogens (tertiary/aromatic N) is 3. The molecule has 7 aromatic carbocycles. The number of aromatic nitrogens is 3. The lowest BCUT2D eigenvalue weighted by Gasteiger charge is -2.26. The molecule has 5 nitrogen and oxygen atoms in total. The first-order valence-corrected chi connectivity index (χ1v) is 19.0. The van der Waals surface area contributed by atoms with Gasteiger partial charge in [-0.3, -0.25) is 0 Å². The number of benzene rings is 7. The molecule has 2 aliphatic heterocycles. The van der Waals surface area contributed by atoms with E-state index in [-0.39, 0.29) is 6.04 Å². The lowest BCUT2D eigenvalue weighted by Crippen LogP contribution is -2.37. The third-order valence-electron chi connectivity index (χ3n) is 10.6. The van der Waals surface area contributed by atoms with Gasteiger partial charge in [0.2, 0.25) is 0 Å². The van der Waals surface area contributed by atoms with Gasteiger partial charge in [0.1, 0.15) is 0 Å². The van der Waals surface area contributed by atoms with E-state index in [0.717, 1.165) is 62.3 Å². The zero-order valence-electron chi connectivity index (χ0n) is 30.6. The van der Waals surface area contributed by atoms with Crippen molar-refractivity contribution in [3.05, 3.63) is 215 Å². The summed E-state index contributed by atoms with van der Waals surface area (Å²) in [6.45, 7) is 0.745. The van der Waals surface area contributed by atoms with Crippen LogP contribution in [0.25, 0.3) is 74.3 Å². The zero-order valence-corrected chi connectivity index (χ0v) is 30.6. The molecule has 0 amide bonds. The maximum absolute atomic E-state index is 5.28. The second kappa shape index (κ2) is 14.5. The Bertz CT molecular complexity index is 2800. The lowest BCUT2D eigenvalue weighted by atomic mass is 9.89. The van der Waals surface area contributed by atoms with E-state index in [4.69, 9.17) is 15.0 Å². The average molecular weight is 720 g/mol. The third kappa shape index (κ3) is 6.46. The molecule has 2 aliphatic rings. The van der Waals surface area contributed by atoms with Crippen molar-refractivity contribution in [1.82, 2.24) is 25.6 Å². The van der Waals surface area contributed by atoms with E-state index in [1.807, 2.05) is 18.3 Å². The van der Waals surface area contributed by atoms with Crippen molar-refractivity contribution in [2.24, 2.45) is 0 Å². The first-order chi connectivity index (χ1) is 27.7. The summed E-state index contributed by atoms with van der Waals surface area (Å²) < 4.78 is 0. The Morgan fingerprint density at radius 1 is 0.446 bits per heavy atom. The van der Waals surface area contributed by atoms with Gasteiger partial charge in [0.05, 0.1) is 6.04 Å². The number of fused-ring (bicyclic) bond motifs is 2. The van der Waals surface area contributed by atoms with Crippen molar-refractivity contribution in [1.29, 1.82) is 0 Å². The van der Waals surface area contributed by atoms with E-state index in [0.29, 0.717) is 17.5 Å². The molecule has 0 bridgehead atoms. The lowest BCUT2D eigenvalue weighted by molar-refractivity contribution is 0.720. The van der Waals surface area contributed by atoms with Gasteiger partial charge in [0.25, 0.3) is 0 Å². The molecule has 1 aromatic heterocycles. The fourth-order valence-electron chi connectivity index (χ4n) is 7.84. The molecule has 0 saturated heterocycles. The van der Waals surface area contributed by atoms with Gasteiger partial charge < -0.3 is 10.6 Å². The van der Waals surface area contributed by atoms with Gasteiger partial charge in [-0.2, -0.15) is 0 Å². The quantitative estimate of drug-likeness (QED) is 0.172. The number of hydrogen-bond donors (Lipinski definition) is 2. The van der Waals surface area contributed by atoms with E-state index >= 15 is 0 Å². The van der Waals surface area contributed by atoms with E-state index in [9.17, 15) is 0 Å². The van der Waals surface area contributed by atoms with Crippen LogP contribution in [0.3, 0.4) is 0 Å². The van der Waals surface area contributed by atoms with Crippen molar-refractivity contribution < 1.29 is 0 Å². The van der Waals surface area contributed by atoms with Crippen LogP contribution in [0.5, 0.6) is 0 Å². The maximum Gasteiger partial charge on any atom is 0.164 e. The zero-order chi connectivity index (χ0) is 37.3. The Hall–Kier alpha value is -7.37. The van der Waals surface area contributed by atoms with Gasteiger partial charge in [0, 0.05) is 34.2 Å². The topological polar surface area (TPSA) is 62.7 Å². The second-order valence-electron chi connectivity index (χ2n) is 14.2. The minimum absolute atomic E-state index is 0.0632. The highest BCUT2D eigenvalue weighted by molar-refractivity contribution is 5.77. The number of hydrogen-bond acceptors (Lipinski definition) is 5. The van der Waals surface area contributed by atoms with Gasteiger partial charge >= 0.3 is 0 Å². The first kappa shape index (κ1) is 33.2. The molecule has 0 aliphatic carbocycles. The first-order valence-electron chi connectivity index (χ1n) is 19.0. The Kier molecular flexibility index (Phi) is 8.58. The second-order valence-corrected chi connectivity index (χ2v) is 14.2. The summed E-state index contributed by atoms with van der Waals surface area (Å²) in [5, 5.41) is 9.77. The van der Waals surface area contributed by atoms with E-state index < -0.39 is 0 Å².